The molecule has 46 valence electrons. The van der Waals surface area contributed by atoms with Gasteiger partial charge in [-0.15, -0.1) is 0 Å². The molecule has 0 bridgehead atoms. The first-order valence-corrected chi connectivity index (χ1v) is 3.71. The van der Waals surface area contributed by atoms with Gasteiger partial charge in [0.2, 0.25) is 0 Å². The second-order valence-electron chi connectivity index (χ2n) is 2.54. The van der Waals surface area contributed by atoms with Crippen LogP contribution in [-0.2, 0) is 0 Å². The van der Waals surface area contributed by atoms with Gasteiger partial charge in [0.25, 0.3) is 0 Å². The Morgan fingerprint density at radius 2 is 2.38 bits per heavy atom. The van der Waals surface area contributed by atoms with E-state index in [9.17, 15) is 0 Å². The van der Waals surface area contributed by atoms with Crippen molar-refractivity contribution >= 4 is 20.5 Å². The Morgan fingerprint density at radius 3 is 2.75 bits per heavy atom. The van der Waals surface area contributed by atoms with Gasteiger partial charge in [-0.1, -0.05) is 0 Å². The number of hydrogen-bond acceptors (Lipinski definition) is 2. The molecule has 2 atom stereocenters. The van der Waals surface area contributed by atoms with Gasteiger partial charge in [0, 0.05) is 0 Å². The summed E-state index contributed by atoms with van der Waals surface area (Å²) in [5.41, 5.74) is 0. The van der Waals surface area contributed by atoms with Crippen LogP contribution in [0.1, 0.15) is 6.42 Å². The predicted molar refractivity (Wildman–Crippen MR) is 42.6 cm³/mol. The lowest BCUT2D eigenvalue weighted by Gasteiger charge is -2.25. The maximum atomic E-state index is 4.42. The molecule has 0 aromatic heterocycles. The second-order valence-corrected chi connectivity index (χ2v) is 3.20. The summed E-state index contributed by atoms with van der Waals surface area (Å²) < 4.78 is 0. The first-order chi connectivity index (χ1) is 3.80. The van der Waals surface area contributed by atoms with Crippen molar-refractivity contribution in [2.24, 2.45) is 0 Å². The van der Waals surface area contributed by atoms with Crippen molar-refractivity contribution in [1.82, 2.24) is 5.32 Å². The largest absolute Gasteiger partial charge is 0.317 e. The quantitative estimate of drug-likeness (QED) is 0.338. The van der Waals surface area contributed by atoms with E-state index in [1.165, 1.54) is 6.42 Å². The van der Waals surface area contributed by atoms with Crippen molar-refractivity contribution in [3.05, 3.63) is 0 Å². The van der Waals surface area contributed by atoms with E-state index in [2.05, 4.69) is 25.8 Å². The molecule has 1 aliphatic rings. The number of piperidine rings is 1. The molecule has 8 heavy (non-hydrogen) atoms. The molecular formula is C5H12BNS. The van der Waals surface area contributed by atoms with Crippen molar-refractivity contribution in [3.8, 4) is 0 Å². The van der Waals surface area contributed by atoms with Crippen LogP contribution in [0.3, 0.4) is 0 Å². The first-order valence-electron chi connectivity index (χ1n) is 3.19. The summed E-state index contributed by atoms with van der Waals surface area (Å²) in [5.74, 6) is 0.757. The zero-order valence-corrected chi connectivity index (χ0v) is 6.12. The van der Waals surface area contributed by atoms with Crippen LogP contribution in [0, 0.1) is 0 Å². The van der Waals surface area contributed by atoms with Gasteiger partial charge in [0.15, 0.2) is 0 Å². The van der Waals surface area contributed by atoms with E-state index in [4.69, 9.17) is 0 Å². The molecule has 2 unspecified atom stereocenters. The highest BCUT2D eigenvalue weighted by Crippen LogP contribution is 2.18. The summed E-state index contributed by atoms with van der Waals surface area (Å²) in [6.45, 7) is 2.30. The van der Waals surface area contributed by atoms with Crippen LogP contribution in [-0.4, -0.2) is 26.2 Å². The summed E-state index contributed by atoms with van der Waals surface area (Å²) in [4.78, 5) is 0. The number of hydrogen-bond donors (Lipinski definition) is 2. The highest BCUT2D eigenvalue weighted by atomic mass is 32.1. The number of rotatable bonds is 0. The number of nitrogens with one attached hydrogen (secondary N) is 1. The molecule has 1 heterocycles. The van der Waals surface area contributed by atoms with E-state index in [1.807, 2.05) is 0 Å². The van der Waals surface area contributed by atoms with Crippen molar-refractivity contribution in [1.29, 1.82) is 0 Å². The molecule has 3 heteroatoms. The Morgan fingerprint density at radius 1 is 1.62 bits per heavy atom. The van der Waals surface area contributed by atoms with Crippen LogP contribution in [0.2, 0.25) is 5.82 Å². The van der Waals surface area contributed by atoms with Gasteiger partial charge >= 0.3 is 0 Å². The lowest BCUT2D eigenvalue weighted by Crippen LogP contribution is -2.33. The topological polar surface area (TPSA) is 12.0 Å². The third kappa shape index (κ3) is 1.42. The van der Waals surface area contributed by atoms with Crippen molar-refractivity contribution in [3.63, 3.8) is 0 Å². The summed E-state index contributed by atoms with van der Waals surface area (Å²) >= 11 is 4.42. The minimum Gasteiger partial charge on any atom is -0.317 e. The van der Waals surface area contributed by atoms with Crippen LogP contribution < -0.4 is 5.32 Å². The maximum absolute atomic E-state index is 4.42. The molecule has 0 aromatic carbocycles. The standard InChI is InChI=1S/C5H12BNS/c6-4-3-7-2-1-5(4)8/h4-5,7-8H,1-3,6H2. The molecular weight excluding hydrogens is 117 g/mol. The molecule has 0 radical (unpaired) electrons. The molecule has 1 saturated heterocycles. The Bertz CT molecular complexity index is 68.8. The molecule has 0 aromatic rings. The maximum Gasteiger partial charge on any atom is 0.108 e. The van der Waals surface area contributed by atoms with Gasteiger partial charge in [-0.2, -0.15) is 12.6 Å². The second kappa shape index (κ2) is 2.78. The monoisotopic (exact) mass is 129 g/mol. The third-order valence-corrected chi connectivity index (χ3v) is 2.51. The lowest BCUT2D eigenvalue weighted by molar-refractivity contribution is 0.533. The first kappa shape index (κ1) is 6.49. The third-order valence-electron chi connectivity index (χ3n) is 1.74. The number of thiol groups is 1. The summed E-state index contributed by atoms with van der Waals surface area (Å²) in [6, 6.07) is 0. The normalized spacial score (nSPS) is 39.6. The van der Waals surface area contributed by atoms with Crippen LogP contribution in [0.4, 0.5) is 0 Å². The van der Waals surface area contributed by atoms with Crippen LogP contribution in [0.5, 0.6) is 0 Å². The zero-order valence-electron chi connectivity index (χ0n) is 5.22. The van der Waals surface area contributed by atoms with Gasteiger partial charge in [0.05, 0.1) is 0 Å². The summed E-state index contributed by atoms with van der Waals surface area (Å²) in [6.07, 6.45) is 1.23. The molecule has 0 saturated carbocycles. The fourth-order valence-electron chi connectivity index (χ4n) is 1.00. The van der Waals surface area contributed by atoms with E-state index in [0.29, 0.717) is 5.25 Å². The molecule has 0 spiro atoms. The fraction of sp³-hybridized carbons (Fsp3) is 1.00. The van der Waals surface area contributed by atoms with Crippen LogP contribution >= 0.6 is 12.6 Å². The van der Waals surface area contributed by atoms with Crippen LogP contribution in [0.25, 0.3) is 0 Å². The van der Waals surface area contributed by atoms with E-state index in [-0.39, 0.29) is 0 Å². The highest BCUT2D eigenvalue weighted by molar-refractivity contribution is 7.81. The van der Waals surface area contributed by atoms with Gasteiger partial charge in [-0.05, 0) is 30.6 Å². The Kier molecular flexibility index (Phi) is 2.26. The average molecular weight is 129 g/mol. The predicted octanol–water partition coefficient (Wildman–Crippen LogP) is -0.300. The Balaban J connectivity index is 2.28. The minimum atomic E-state index is 0.635. The van der Waals surface area contributed by atoms with Gasteiger partial charge in [-0.25, -0.2) is 0 Å². The Labute approximate surface area is 57.0 Å². The SMILES string of the molecule is BC1CNCCC1S. The van der Waals surface area contributed by atoms with Crippen molar-refractivity contribution in [2.75, 3.05) is 13.1 Å². The fourth-order valence-corrected chi connectivity index (χ4v) is 1.23. The molecule has 1 N–H and O–H groups in total. The van der Waals surface area contributed by atoms with E-state index in [1.54, 1.807) is 0 Å². The van der Waals surface area contributed by atoms with Gasteiger partial charge in [0.1, 0.15) is 7.85 Å². The smallest absolute Gasteiger partial charge is 0.108 e. The minimum absolute atomic E-state index is 0.635. The molecule has 1 nitrogen and oxygen atoms in total. The summed E-state index contributed by atoms with van der Waals surface area (Å²) in [7, 11) is 2.24. The molecule has 1 aliphatic heterocycles. The van der Waals surface area contributed by atoms with Crippen molar-refractivity contribution in [2.45, 2.75) is 17.5 Å². The highest BCUT2D eigenvalue weighted by Gasteiger charge is 2.15. The zero-order chi connectivity index (χ0) is 5.98. The van der Waals surface area contributed by atoms with Gasteiger partial charge in [-0.3, -0.25) is 0 Å². The Hall–Kier alpha value is 0.375. The molecule has 0 aliphatic carbocycles. The molecule has 1 fully saturated rings. The van der Waals surface area contributed by atoms with E-state index in [0.717, 1.165) is 18.9 Å². The lowest BCUT2D eigenvalue weighted by atomic mass is 9.81. The summed E-state index contributed by atoms with van der Waals surface area (Å²) in [5, 5.41) is 3.95. The van der Waals surface area contributed by atoms with Crippen LogP contribution in [0.15, 0.2) is 0 Å². The van der Waals surface area contributed by atoms with Gasteiger partial charge < -0.3 is 5.32 Å². The average Bonchev–Trinajstić information content (AvgIpc) is 1.77. The molecule has 0 amide bonds. The molecule has 1 rings (SSSR count). The van der Waals surface area contributed by atoms with E-state index >= 15 is 0 Å². The van der Waals surface area contributed by atoms with Crippen molar-refractivity contribution < 1.29 is 0 Å². The van der Waals surface area contributed by atoms with E-state index < -0.39 is 0 Å².